The Morgan fingerprint density at radius 3 is 3.00 bits per heavy atom. The van der Waals surface area contributed by atoms with Gasteiger partial charge >= 0.3 is 0 Å². The molecule has 0 saturated heterocycles. The summed E-state index contributed by atoms with van der Waals surface area (Å²) in [7, 11) is 1.60. The van der Waals surface area contributed by atoms with Crippen molar-refractivity contribution < 1.29 is 4.74 Å². The highest BCUT2D eigenvalue weighted by molar-refractivity contribution is 6.20. The number of alkyl halides is 1. The highest BCUT2D eigenvalue weighted by Gasteiger charge is 2.10. The van der Waals surface area contributed by atoms with Crippen LogP contribution in [0.1, 0.15) is 24.3 Å². The fraction of sp³-hybridized carbons (Fsp3) is 0.444. The van der Waals surface area contributed by atoms with Gasteiger partial charge in [-0.05, 0) is 12.5 Å². The Bertz CT molecular complexity index is 252. The van der Waals surface area contributed by atoms with Crippen molar-refractivity contribution >= 4 is 11.6 Å². The number of pyridine rings is 1. The van der Waals surface area contributed by atoms with Gasteiger partial charge in [0.2, 0.25) is 5.88 Å². The first kappa shape index (κ1) is 9.33. The molecule has 0 aliphatic heterocycles. The van der Waals surface area contributed by atoms with Gasteiger partial charge in [0.15, 0.2) is 0 Å². The number of halogens is 1. The van der Waals surface area contributed by atoms with E-state index < -0.39 is 0 Å². The normalized spacial score (nSPS) is 12.6. The Kier molecular flexibility index (Phi) is 3.35. The number of aromatic nitrogens is 1. The van der Waals surface area contributed by atoms with Crippen molar-refractivity contribution in [3.63, 3.8) is 0 Å². The zero-order chi connectivity index (χ0) is 8.97. The second-order valence-corrected chi connectivity index (χ2v) is 3.00. The van der Waals surface area contributed by atoms with Crippen molar-refractivity contribution in [2.24, 2.45) is 0 Å². The summed E-state index contributed by atoms with van der Waals surface area (Å²) in [6.45, 7) is 2.03. The predicted octanol–water partition coefficient (Wildman–Crippen LogP) is 2.78. The lowest BCUT2D eigenvalue weighted by Gasteiger charge is -2.09. The number of methoxy groups -OCH3 is 1. The van der Waals surface area contributed by atoms with Gasteiger partial charge in [0.25, 0.3) is 0 Å². The molecule has 0 radical (unpaired) electrons. The fourth-order valence-electron chi connectivity index (χ4n) is 1.03. The quantitative estimate of drug-likeness (QED) is 0.676. The Balaban J connectivity index is 2.96. The van der Waals surface area contributed by atoms with Crippen LogP contribution in [0.3, 0.4) is 0 Å². The zero-order valence-electron chi connectivity index (χ0n) is 7.25. The Hall–Kier alpha value is -0.760. The molecule has 0 aliphatic rings. The van der Waals surface area contributed by atoms with Crippen LogP contribution in [0.25, 0.3) is 0 Å². The van der Waals surface area contributed by atoms with Crippen molar-refractivity contribution in [3.05, 3.63) is 23.9 Å². The third-order valence-corrected chi connectivity index (χ3v) is 2.23. The molecule has 0 aromatic carbocycles. The van der Waals surface area contributed by atoms with Crippen LogP contribution in [0.15, 0.2) is 18.3 Å². The minimum Gasteiger partial charge on any atom is -0.481 e. The maximum atomic E-state index is 6.05. The van der Waals surface area contributed by atoms with Crippen molar-refractivity contribution in [1.29, 1.82) is 0 Å². The van der Waals surface area contributed by atoms with Gasteiger partial charge in [-0.25, -0.2) is 4.98 Å². The molecule has 12 heavy (non-hydrogen) atoms. The van der Waals surface area contributed by atoms with E-state index in [1.807, 2.05) is 19.1 Å². The molecule has 3 heteroatoms. The Morgan fingerprint density at radius 2 is 2.42 bits per heavy atom. The third kappa shape index (κ3) is 1.89. The summed E-state index contributed by atoms with van der Waals surface area (Å²) < 4.78 is 5.07. The molecule has 0 spiro atoms. The molecule has 1 rings (SSSR count). The average Bonchev–Trinajstić information content (AvgIpc) is 2.16. The molecule has 0 amide bonds. The van der Waals surface area contributed by atoms with Crippen molar-refractivity contribution in [1.82, 2.24) is 4.98 Å². The first-order chi connectivity index (χ1) is 5.79. The molecule has 1 heterocycles. The van der Waals surface area contributed by atoms with Crippen LogP contribution in [0.5, 0.6) is 5.88 Å². The second-order valence-electron chi connectivity index (χ2n) is 2.48. The van der Waals surface area contributed by atoms with Gasteiger partial charge in [0, 0.05) is 11.8 Å². The molecule has 1 unspecified atom stereocenters. The molecular weight excluding hydrogens is 174 g/mol. The number of hydrogen-bond donors (Lipinski definition) is 0. The van der Waals surface area contributed by atoms with Crippen molar-refractivity contribution in [2.45, 2.75) is 18.7 Å². The van der Waals surface area contributed by atoms with E-state index in [1.165, 1.54) is 0 Å². The summed E-state index contributed by atoms with van der Waals surface area (Å²) in [5.74, 6) is 0.624. The smallest absolute Gasteiger partial charge is 0.217 e. The van der Waals surface area contributed by atoms with E-state index in [1.54, 1.807) is 13.3 Å². The highest BCUT2D eigenvalue weighted by atomic mass is 35.5. The van der Waals surface area contributed by atoms with Gasteiger partial charge < -0.3 is 4.74 Å². The number of nitrogens with zero attached hydrogens (tertiary/aromatic N) is 1. The number of ether oxygens (including phenoxy) is 1. The summed E-state index contributed by atoms with van der Waals surface area (Å²) in [5, 5.41) is -0.00588. The highest BCUT2D eigenvalue weighted by Crippen LogP contribution is 2.29. The van der Waals surface area contributed by atoms with Gasteiger partial charge in [-0.15, -0.1) is 11.6 Å². The van der Waals surface area contributed by atoms with E-state index in [9.17, 15) is 0 Å². The molecule has 2 nitrogen and oxygen atoms in total. The van der Waals surface area contributed by atoms with E-state index in [2.05, 4.69) is 4.98 Å². The first-order valence-corrected chi connectivity index (χ1v) is 4.36. The van der Waals surface area contributed by atoms with Crippen LogP contribution < -0.4 is 4.74 Å². The molecule has 0 N–H and O–H groups in total. The van der Waals surface area contributed by atoms with Gasteiger partial charge in [0.1, 0.15) is 0 Å². The van der Waals surface area contributed by atoms with Crippen molar-refractivity contribution in [2.75, 3.05) is 7.11 Å². The Labute approximate surface area is 77.5 Å². The number of rotatable bonds is 3. The van der Waals surface area contributed by atoms with Crippen LogP contribution in [0.4, 0.5) is 0 Å². The topological polar surface area (TPSA) is 22.1 Å². The van der Waals surface area contributed by atoms with E-state index >= 15 is 0 Å². The average molecular weight is 186 g/mol. The van der Waals surface area contributed by atoms with Crippen molar-refractivity contribution in [3.8, 4) is 5.88 Å². The molecular formula is C9H12ClNO. The maximum absolute atomic E-state index is 6.05. The van der Waals surface area contributed by atoms with Crippen LogP contribution in [0, 0.1) is 0 Å². The lowest BCUT2D eigenvalue weighted by molar-refractivity contribution is 0.391. The zero-order valence-corrected chi connectivity index (χ0v) is 8.01. The van der Waals surface area contributed by atoms with Crippen LogP contribution >= 0.6 is 11.6 Å². The standard InChI is InChI=1S/C9H12ClNO/c1-3-8(10)7-5-4-6-11-9(7)12-2/h4-6,8H,3H2,1-2H3. The van der Waals surface area contributed by atoms with Crippen LogP contribution in [-0.2, 0) is 0 Å². The molecule has 66 valence electrons. The molecule has 0 fully saturated rings. The lowest BCUT2D eigenvalue weighted by atomic mass is 10.1. The second kappa shape index (κ2) is 4.31. The van der Waals surface area contributed by atoms with Crippen LogP contribution in [0.2, 0.25) is 0 Å². The minimum atomic E-state index is -0.00588. The summed E-state index contributed by atoms with van der Waals surface area (Å²) >= 11 is 6.05. The summed E-state index contributed by atoms with van der Waals surface area (Å²) in [6.07, 6.45) is 2.57. The molecule has 0 bridgehead atoms. The molecule has 1 aromatic heterocycles. The maximum Gasteiger partial charge on any atom is 0.217 e. The largest absolute Gasteiger partial charge is 0.481 e. The van der Waals surface area contributed by atoms with E-state index in [0.29, 0.717) is 5.88 Å². The van der Waals surface area contributed by atoms with Gasteiger partial charge in [-0.2, -0.15) is 0 Å². The SMILES string of the molecule is CCC(Cl)c1cccnc1OC. The fourth-order valence-corrected chi connectivity index (χ4v) is 1.20. The lowest BCUT2D eigenvalue weighted by Crippen LogP contribution is -1.96. The molecule has 0 aliphatic carbocycles. The monoisotopic (exact) mass is 185 g/mol. The predicted molar refractivity (Wildman–Crippen MR) is 49.7 cm³/mol. The molecule has 0 saturated carbocycles. The minimum absolute atomic E-state index is 0.00588. The summed E-state index contributed by atoms with van der Waals surface area (Å²) in [4.78, 5) is 4.06. The summed E-state index contributed by atoms with van der Waals surface area (Å²) in [5.41, 5.74) is 0.962. The van der Waals surface area contributed by atoms with Gasteiger partial charge in [0.05, 0.1) is 12.5 Å². The van der Waals surface area contributed by atoms with E-state index in [0.717, 1.165) is 12.0 Å². The van der Waals surface area contributed by atoms with E-state index in [-0.39, 0.29) is 5.38 Å². The molecule has 1 atom stereocenters. The summed E-state index contributed by atoms with van der Waals surface area (Å²) in [6, 6.07) is 3.80. The third-order valence-electron chi connectivity index (χ3n) is 1.69. The molecule has 1 aromatic rings. The first-order valence-electron chi connectivity index (χ1n) is 3.92. The number of hydrogen-bond acceptors (Lipinski definition) is 2. The Morgan fingerprint density at radius 1 is 1.67 bits per heavy atom. The van der Waals surface area contributed by atoms with Crippen LogP contribution in [-0.4, -0.2) is 12.1 Å². The van der Waals surface area contributed by atoms with Gasteiger partial charge in [-0.1, -0.05) is 13.0 Å². The van der Waals surface area contributed by atoms with Gasteiger partial charge in [-0.3, -0.25) is 0 Å². The van der Waals surface area contributed by atoms with E-state index in [4.69, 9.17) is 16.3 Å².